The van der Waals surface area contributed by atoms with E-state index in [4.69, 9.17) is 22.1 Å². The van der Waals surface area contributed by atoms with Crippen molar-refractivity contribution in [2.24, 2.45) is 5.73 Å². The van der Waals surface area contributed by atoms with Crippen LogP contribution in [0.1, 0.15) is 56.3 Å². The summed E-state index contributed by atoms with van der Waals surface area (Å²) in [7, 11) is 1.30. The number of carbonyl (C=O) groups is 3. The van der Waals surface area contributed by atoms with Crippen LogP contribution in [-0.2, 0) is 20.9 Å². The van der Waals surface area contributed by atoms with E-state index in [1.807, 2.05) is 0 Å². The second-order valence-electron chi connectivity index (χ2n) is 6.47. The molecule has 1 aromatic carbocycles. The number of halogens is 1. The number of fused-ring (bicyclic) bond motifs is 1. The van der Waals surface area contributed by atoms with E-state index in [2.05, 4.69) is 15.9 Å². The molecule has 0 aromatic heterocycles. The predicted octanol–water partition coefficient (Wildman–Crippen LogP) is 2.39. The van der Waals surface area contributed by atoms with Gasteiger partial charge in [-0.3, -0.25) is 14.4 Å². The number of hydrogen-bond acceptors (Lipinski definition) is 5. The van der Waals surface area contributed by atoms with E-state index in [0.29, 0.717) is 14.9 Å². The standard InChI is InChI=1S/C18H23BrN2O5/c1-18(2,3)26-13(22)8-7-12(16(20)23)21-9-10-5-6-11(19)15(25-4)14(10)17(21)24/h5-6,12H,7-9H2,1-4H3,(H2,20,23)/t12-/m0/s1/i7D2,8D2,12D. The van der Waals surface area contributed by atoms with Crippen molar-refractivity contribution in [3.8, 4) is 5.75 Å². The molecule has 8 heteroatoms. The van der Waals surface area contributed by atoms with Crippen molar-refractivity contribution in [2.75, 3.05) is 7.11 Å². The van der Waals surface area contributed by atoms with E-state index < -0.39 is 48.7 Å². The first-order valence-electron chi connectivity index (χ1n) is 10.1. The van der Waals surface area contributed by atoms with Crippen molar-refractivity contribution in [3.05, 3.63) is 27.7 Å². The molecule has 2 rings (SSSR count). The summed E-state index contributed by atoms with van der Waals surface area (Å²) in [5, 5.41) is 0. The number of nitrogens with zero attached hydrogens (tertiary/aromatic N) is 1. The van der Waals surface area contributed by atoms with Crippen LogP contribution in [0.15, 0.2) is 16.6 Å². The number of primary amides is 1. The number of ether oxygens (including phenoxy) is 2. The third kappa shape index (κ3) is 4.35. The lowest BCUT2D eigenvalue weighted by Gasteiger charge is -2.25. The lowest BCUT2D eigenvalue weighted by molar-refractivity contribution is -0.155. The van der Waals surface area contributed by atoms with Gasteiger partial charge in [0, 0.05) is 18.4 Å². The van der Waals surface area contributed by atoms with Crippen LogP contribution in [0.25, 0.3) is 0 Å². The fourth-order valence-electron chi connectivity index (χ4n) is 2.40. The topological polar surface area (TPSA) is 98.9 Å². The second-order valence-corrected chi connectivity index (χ2v) is 7.33. The van der Waals surface area contributed by atoms with Crippen LogP contribution in [0.4, 0.5) is 0 Å². The lowest BCUT2D eigenvalue weighted by atomic mass is 10.1. The summed E-state index contributed by atoms with van der Waals surface area (Å²) in [5.74, 6) is -4.14. The quantitative estimate of drug-likeness (QED) is 0.696. The van der Waals surface area contributed by atoms with Crippen LogP contribution in [0.3, 0.4) is 0 Å². The maximum Gasteiger partial charge on any atom is 0.306 e. The first kappa shape index (κ1) is 14.0. The average Bonchev–Trinajstić information content (AvgIpc) is 2.96. The predicted molar refractivity (Wildman–Crippen MR) is 98.6 cm³/mol. The fraction of sp³-hybridized carbons (Fsp3) is 0.500. The van der Waals surface area contributed by atoms with Gasteiger partial charge in [-0.1, -0.05) is 6.07 Å². The third-order valence-electron chi connectivity index (χ3n) is 3.37. The average molecular weight is 432 g/mol. The minimum atomic E-state index is -3.59. The molecule has 0 radical (unpaired) electrons. The molecule has 0 saturated heterocycles. The van der Waals surface area contributed by atoms with Crippen LogP contribution >= 0.6 is 15.9 Å². The molecule has 0 unspecified atom stereocenters. The lowest BCUT2D eigenvalue weighted by Crippen LogP contribution is -2.45. The van der Waals surface area contributed by atoms with Crippen molar-refractivity contribution in [1.82, 2.24) is 4.90 Å². The van der Waals surface area contributed by atoms with Crippen molar-refractivity contribution in [1.29, 1.82) is 0 Å². The monoisotopic (exact) mass is 431 g/mol. The molecule has 2 N–H and O–H groups in total. The number of carbonyl (C=O) groups excluding carboxylic acids is 3. The molecular weight excluding hydrogens is 404 g/mol. The molecule has 26 heavy (non-hydrogen) atoms. The Morgan fingerprint density at radius 2 is 2.12 bits per heavy atom. The first-order chi connectivity index (χ1) is 13.9. The Hall–Kier alpha value is -2.09. The molecule has 2 amide bonds. The van der Waals surface area contributed by atoms with Gasteiger partial charge in [0.15, 0.2) is 0 Å². The minimum absolute atomic E-state index is 0.0246. The van der Waals surface area contributed by atoms with Crippen LogP contribution in [-0.4, -0.2) is 41.4 Å². The van der Waals surface area contributed by atoms with Gasteiger partial charge >= 0.3 is 5.97 Å². The van der Waals surface area contributed by atoms with Crippen LogP contribution in [0, 0.1) is 0 Å². The van der Waals surface area contributed by atoms with Crippen molar-refractivity contribution >= 4 is 33.7 Å². The van der Waals surface area contributed by atoms with Gasteiger partial charge in [0.25, 0.3) is 5.91 Å². The Labute approximate surface area is 168 Å². The van der Waals surface area contributed by atoms with E-state index in [1.165, 1.54) is 33.9 Å². The number of benzene rings is 1. The van der Waals surface area contributed by atoms with Gasteiger partial charge in [0.1, 0.15) is 17.4 Å². The number of amides is 2. The van der Waals surface area contributed by atoms with Crippen LogP contribution < -0.4 is 10.5 Å². The Morgan fingerprint density at radius 1 is 1.46 bits per heavy atom. The van der Waals surface area contributed by atoms with Crippen LogP contribution in [0.5, 0.6) is 5.75 Å². The number of rotatable bonds is 6. The molecule has 0 spiro atoms. The van der Waals surface area contributed by atoms with E-state index in [1.54, 1.807) is 6.07 Å². The Kier molecular flexibility index (Phi) is 4.13. The van der Waals surface area contributed by atoms with Gasteiger partial charge in [-0.25, -0.2) is 0 Å². The summed E-state index contributed by atoms with van der Waals surface area (Å²) >= 11 is 3.23. The summed E-state index contributed by atoms with van der Waals surface area (Å²) in [6, 6.07) is -0.209. The summed E-state index contributed by atoms with van der Waals surface area (Å²) in [4.78, 5) is 38.5. The molecule has 0 saturated carbocycles. The molecule has 7 nitrogen and oxygen atoms in total. The fourth-order valence-corrected chi connectivity index (χ4v) is 2.89. The number of esters is 1. The molecule has 1 aromatic rings. The molecule has 142 valence electrons. The van der Waals surface area contributed by atoms with Gasteiger partial charge in [-0.05, 0) is 54.7 Å². The van der Waals surface area contributed by atoms with Gasteiger partial charge in [0.2, 0.25) is 5.91 Å². The number of hydrogen-bond donors (Lipinski definition) is 1. The van der Waals surface area contributed by atoms with Crippen LogP contribution in [0.2, 0.25) is 0 Å². The van der Waals surface area contributed by atoms with Crippen molar-refractivity contribution in [3.63, 3.8) is 0 Å². The third-order valence-corrected chi connectivity index (χ3v) is 4.00. The Bertz CT molecular complexity index is 950. The van der Waals surface area contributed by atoms with E-state index in [-0.39, 0.29) is 11.3 Å². The second kappa shape index (κ2) is 7.65. The summed E-state index contributed by atoms with van der Waals surface area (Å²) in [5.41, 5.74) is 4.46. The summed E-state index contributed by atoms with van der Waals surface area (Å²) < 4.78 is 52.0. The molecule has 1 aliphatic heterocycles. The normalized spacial score (nSPS) is 20.0. The zero-order chi connectivity index (χ0) is 24.2. The first-order valence-corrected chi connectivity index (χ1v) is 8.43. The summed E-state index contributed by atoms with van der Waals surface area (Å²) in [6.07, 6.45) is -7.09. The van der Waals surface area contributed by atoms with E-state index >= 15 is 0 Å². The maximum absolute atomic E-state index is 13.1. The Balaban J connectivity index is 2.62. The molecule has 1 heterocycles. The van der Waals surface area contributed by atoms with E-state index in [9.17, 15) is 14.4 Å². The van der Waals surface area contributed by atoms with Gasteiger partial charge in [-0.15, -0.1) is 0 Å². The highest BCUT2D eigenvalue weighted by Gasteiger charge is 2.38. The highest BCUT2D eigenvalue weighted by Crippen LogP contribution is 2.37. The molecule has 1 aliphatic rings. The summed E-state index contributed by atoms with van der Waals surface area (Å²) in [6.45, 7) is 3.92. The molecular formula is C18H23BrN2O5. The molecule has 0 fully saturated rings. The van der Waals surface area contributed by atoms with Crippen molar-refractivity contribution in [2.45, 2.75) is 51.7 Å². The SMILES string of the molecule is [2H]C([2H])(C(=O)OC(C)(C)C)C([2H])([2H])[C@@]([2H])(C(N)=O)N1Cc2ccc(Br)c(OC)c2C1=O. The van der Waals surface area contributed by atoms with Gasteiger partial charge < -0.3 is 20.1 Å². The highest BCUT2D eigenvalue weighted by molar-refractivity contribution is 9.10. The zero-order valence-corrected chi connectivity index (χ0v) is 16.4. The molecule has 1 atom stereocenters. The van der Waals surface area contributed by atoms with Gasteiger partial charge in [-0.2, -0.15) is 0 Å². The van der Waals surface area contributed by atoms with E-state index in [0.717, 1.165) is 0 Å². The largest absolute Gasteiger partial charge is 0.495 e. The molecule has 0 bridgehead atoms. The van der Waals surface area contributed by atoms with Gasteiger partial charge in [0.05, 0.1) is 18.5 Å². The highest BCUT2D eigenvalue weighted by atomic mass is 79.9. The number of methoxy groups -OCH3 is 1. The number of nitrogens with two attached hydrogens (primary N) is 1. The molecule has 0 aliphatic carbocycles. The zero-order valence-electron chi connectivity index (χ0n) is 19.8. The smallest absolute Gasteiger partial charge is 0.306 e. The Morgan fingerprint density at radius 3 is 2.65 bits per heavy atom. The van der Waals surface area contributed by atoms with Crippen molar-refractivity contribution < 1.29 is 30.7 Å². The maximum atomic E-state index is 13.1. The minimum Gasteiger partial charge on any atom is -0.495 e.